The molecule has 2 amide bonds. The number of fused-ring (bicyclic) bond motifs is 2. The lowest BCUT2D eigenvalue weighted by atomic mass is 9.91. The zero-order chi connectivity index (χ0) is 37.0. The zero-order valence-corrected chi connectivity index (χ0v) is 31.5. The van der Waals surface area contributed by atoms with Gasteiger partial charge in [-0.1, -0.05) is 42.5 Å². The molecule has 6 rings (SSSR count). The molecule has 3 aromatic rings. The maximum absolute atomic E-state index is 13.7. The fraction of sp³-hybridized carbons (Fsp3) is 0.400. The van der Waals surface area contributed by atoms with E-state index in [9.17, 15) is 24.3 Å². The highest BCUT2D eigenvalue weighted by molar-refractivity contribution is 14.1. The van der Waals surface area contributed by atoms with E-state index in [1.165, 1.54) is 0 Å². The molecule has 1 aliphatic heterocycles. The largest absolute Gasteiger partial charge is 0.460 e. The minimum atomic E-state index is -0.917. The van der Waals surface area contributed by atoms with Gasteiger partial charge in [0.2, 0.25) is 5.91 Å². The highest BCUT2D eigenvalue weighted by Gasteiger charge is 2.55. The molecule has 274 valence electrons. The first-order chi connectivity index (χ1) is 24.8. The lowest BCUT2D eigenvalue weighted by molar-refractivity contribution is -0.172. The Hall–Kier alpha value is -4.11. The molecular formula is C40H43IN2O9. The lowest BCUT2D eigenvalue weighted by Crippen LogP contribution is -2.43. The van der Waals surface area contributed by atoms with Crippen molar-refractivity contribution in [2.24, 2.45) is 0 Å². The molecule has 0 aromatic heterocycles. The summed E-state index contributed by atoms with van der Waals surface area (Å²) in [5.74, 6) is -2.61. The molecule has 3 aliphatic rings. The molecule has 1 heterocycles. The third-order valence-corrected chi connectivity index (χ3v) is 9.81. The van der Waals surface area contributed by atoms with Crippen molar-refractivity contribution in [3.63, 3.8) is 0 Å². The van der Waals surface area contributed by atoms with Gasteiger partial charge < -0.3 is 34.7 Å². The average molecular weight is 823 g/mol. The Morgan fingerprint density at radius 2 is 1.65 bits per heavy atom. The molecule has 4 atom stereocenters. The lowest BCUT2D eigenvalue weighted by Gasteiger charge is -2.30. The second-order valence-electron chi connectivity index (χ2n) is 14.4. The van der Waals surface area contributed by atoms with Gasteiger partial charge in [0.05, 0.1) is 18.2 Å². The molecule has 4 unspecified atom stereocenters. The van der Waals surface area contributed by atoms with Crippen LogP contribution in [-0.4, -0.2) is 71.2 Å². The smallest absolute Gasteiger partial charge is 0.338 e. The first-order valence-corrected chi connectivity index (χ1v) is 18.5. The van der Waals surface area contributed by atoms with Crippen molar-refractivity contribution in [3.8, 4) is 0 Å². The molecule has 0 saturated carbocycles. The van der Waals surface area contributed by atoms with E-state index in [-0.39, 0.29) is 38.3 Å². The van der Waals surface area contributed by atoms with Gasteiger partial charge in [0, 0.05) is 46.9 Å². The fourth-order valence-electron chi connectivity index (χ4n) is 6.76. The number of ether oxygens (including phenoxy) is 4. The summed E-state index contributed by atoms with van der Waals surface area (Å²) in [5.41, 5.74) is 3.48. The fourth-order valence-corrected chi connectivity index (χ4v) is 7.31. The number of hydrogen-bond acceptors (Lipinski definition) is 9. The predicted octanol–water partition coefficient (Wildman–Crippen LogP) is 4.95. The number of halogens is 1. The number of aliphatic hydroxyl groups excluding tert-OH is 1. The van der Waals surface area contributed by atoms with Crippen molar-refractivity contribution in [2.75, 3.05) is 6.61 Å². The van der Waals surface area contributed by atoms with Gasteiger partial charge in [0.25, 0.3) is 5.91 Å². The van der Waals surface area contributed by atoms with Gasteiger partial charge >= 0.3 is 11.9 Å². The molecular weight excluding hydrogens is 779 g/mol. The van der Waals surface area contributed by atoms with Crippen LogP contribution in [0.1, 0.15) is 77.4 Å². The molecule has 0 bridgehead atoms. The summed E-state index contributed by atoms with van der Waals surface area (Å²) in [7, 11) is 0. The van der Waals surface area contributed by atoms with Gasteiger partial charge in [0.15, 0.2) is 5.79 Å². The van der Waals surface area contributed by atoms with Crippen LogP contribution in [0.15, 0.2) is 84.4 Å². The van der Waals surface area contributed by atoms with Crippen LogP contribution in [0, 0.1) is 3.57 Å². The number of benzene rings is 3. The molecule has 11 nitrogen and oxygen atoms in total. The number of carbonyl (C=O) groups is 4. The van der Waals surface area contributed by atoms with Crippen LogP contribution in [0.4, 0.5) is 0 Å². The van der Waals surface area contributed by atoms with E-state index in [0.29, 0.717) is 35.1 Å². The van der Waals surface area contributed by atoms with Gasteiger partial charge in [-0.05, 0) is 103 Å². The third kappa shape index (κ3) is 9.27. The van der Waals surface area contributed by atoms with Crippen LogP contribution in [0.2, 0.25) is 0 Å². The number of rotatable bonds is 11. The minimum Gasteiger partial charge on any atom is -0.460 e. The molecule has 12 heteroatoms. The van der Waals surface area contributed by atoms with E-state index >= 15 is 0 Å². The Bertz CT molecular complexity index is 1840. The first-order valence-electron chi connectivity index (χ1n) is 17.4. The number of hydrogen-bond donors (Lipinski definition) is 3. The summed E-state index contributed by atoms with van der Waals surface area (Å²) in [4.78, 5) is 52.1. The maximum atomic E-state index is 13.7. The van der Waals surface area contributed by atoms with Crippen molar-refractivity contribution in [1.82, 2.24) is 10.6 Å². The molecule has 3 N–H and O–H groups in total. The summed E-state index contributed by atoms with van der Waals surface area (Å²) in [6.07, 6.45) is 1.28. The van der Waals surface area contributed by atoms with E-state index in [0.717, 1.165) is 14.7 Å². The van der Waals surface area contributed by atoms with Crippen LogP contribution in [0.25, 0.3) is 0 Å². The van der Waals surface area contributed by atoms with Crippen molar-refractivity contribution in [2.45, 2.75) is 95.2 Å². The minimum absolute atomic E-state index is 0.0454. The molecule has 0 radical (unpaired) electrons. The second-order valence-corrected chi connectivity index (χ2v) is 15.7. The number of esters is 2. The molecule has 1 saturated heterocycles. The zero-order valence-electron chi connectivity index (χ0n) is 29.4. The van der Waals surface area contributed by atoms with Crippen LogP contribution < -0.4 is 10.6 Å². The van der Waals surface area contributed by atoms with Crippen LogP contribution in [0.5, 0.6) is 0 Å². The Morgan fingerprint density at radius 3 is 2.35 bits per heavy atom. The predicted molar refractivity (Wildman–Crippen MR) is 199 cm³/mol. The SMILES string of the molecule is CC(C)(C)OC(=O)CCC(CO)NC(=O)c1cccc(CNC(=O)C2=CC3OC4(Cc5ccccc5C4)OC3C(OC(=O)c3cccc(I)c3)C2)c1. The van der Waals surface area contributed by atoms with E-state index in [1.54, 1.807) is 69.3 Å². The molecule has 3 aromatic carbocycles. The van der Waals surface area contributed by atoms with Gasteiger partial charge in [-0.25, -0.2) is 4.79 Å². The Kier molecular flexibility index (Phi) is 11.5. The quantitative estimate of drug-likeness (QED) is 0.181. The van der Waals surface area contributed by atoms with Crippen LogP contribution in [-0.2, 0) is 47.9 Å². The molecule has 1 spiro atoms. The standard InChI is InChI=1S/C40H43IN2O9/c1-39(2,3)51-34(45)15-14-31(23-44)43-37(47)25-11-6-8-24(16-25)22-42-36(46)29-18-32(49-38(48)26-12-7-13-30(41)17-26)35-33(19-29)50-40(52-35)20-27-9-4-5-10-28(27)21-40/h4-13,16-17,19,31-33,35,44H,14-15,18,20-23H2,1-3H3,(H,42,46)(H,43,47). The Morgan fingerprint density at radius 1 is 0.942 bits per heavy atom. The topological polar surface area (TPSA) is 149 Å². The highest BCUT2D eigenvalue weighted by Crippen LogP contribution is 2.45. The van der Waals surface area contributed by atoms with Crippen molar-refractivity contribution in [3.05, 3.63) is 116 Å². The molecule has 2 aliphatic carbocycles. The van der Waals surface area contributed by atoms with E-state index < -0.39 is 53.6 Å². The molecule has 52 heavy (non-hydrogen) atoms. The van der Waals surface area contributed by atoms with E-state index in [2.05, 4.69) is 45.4 Å². The first kappa shape index (κ1) is 37.6. The summed E-state index contributed by atoms with van der Waals surface area (Å²) in [5, 5.41) is 15.5. The summed E-state index contributed by atoms with van der Waals surface area (Å²) >= 11 is 2.14. The van der Waals surface area contributed by atoms with E-state index in [4.69, 9.17) is 18.9 Å². The van der Waals surface area contributed by atoms with Crippen molar-refractivity contribution < 1.29 is 43.2 Å². The second kappa shape index (κ2) is 15.9. The molecule has 1 fully saturated rings. The normalized spacial score (nSPS) is 20.6. The van der Waals surface area contributed by atoms with E-state index in [1.807, 2.05) is 18.2 Å². The van der Waals surface area contributed by atoms with Gasteiger partial charge in [-0.15, -0.1) is 0 Å². The summed E-state index contributed by atoms with van der Waals surface area (Å²) < 4.78 is 25.4. The number of amides is 2. The van der Waals surface area contributed by atoms with Gasteiger partial charge in [-0.2, -0.15) is 0 Å². The average Bonchev–Trinajstić information content (AvgIpc) is 3.66. The third-order valence-electron chi connectivity index (χ3n) is 9.14. The monoisotopic (exact) mass is 822 g/mol. The number of nitrogens with one attached hydrogen (secondary N) is 2. The van der Waals surface area contributed by atoms with Gasteiger partial charge in [-0.3, -0.25) is 14.4 Å². The maximum Gasteiger partial charge on any atom is 0.338 e. The summed E-state index contributed by atoms with van der Waals surface area (Å²) in [6.45, 7) is 5.10. The number of carbonyl (C=O) groups excluding carboxylic acids is 4. The van der Waals surface area contributed by atoms with Crippen LogP contribution in [0.3, 0.4) is 0 Å². The van der Waals surface area contributed by atoms with Crippen molar-refractivity contribution >= 4 is 46.3 Å². The van der Waals surface area contributed by atoms with Gasteiger partial charge in [0.1, 0.15) is 23.9 Å². The highest BCUT2D eigenvalue weighted by atomic mass is 127. The number of aliphatic hydroxyl groups is 1. The summed E-state index contributed by atoms with van der Waals surface area (Å²) in [6, 6.07) is 21.3. The Balaban J connectivity index is 1.11. The van der Waals surface area contributed by atoms with Crippen LogP contribution >= 0.6 is 22.6 Å². The van der Waals surface area contributed by atoms with Crippen molar-refractivity contribution in [1.29, 1.82) is 0 Å². The Labute approximate surface area is 316 Å².